The van der Waals surface area contributed by atoms with Crippen LogP contribution in [0.4, 0.5) is 5.69 Å². The van der Waals surface area contributed by atoms with Gasteiger partial charge in [-0.1, -0.05) is 0 Å². The molecule has 15 heavy (non-hydrogen) atoms. The van der Waals surface area contributed by atoms with Crippen LogP contribution in [0.25, 0.3) is 0 Å². The number of Topliss-reactive ketones (excluding diaryl/α,β-unsaturated/α-hetero) is 1. The van der Waals surface area contributed by atoms with E-state index in [0.717, 1.165) is 19.4 Å². The zero-order valence-electron chi connectivity index (χ0n) is 8.48. The number of nitrogen functional groups attached to an aromatic ring is 1. The minimum atomic E-state index is -0.0732. The van der Waals surface area contributed by atoms with Crippen molar-refractivity contribution in [3.63, 3.8) is 0 Å². The van der Waals surface area contributed by atoms with Crippen LogP contribution in [0.2, 0.25) is 0 Å². The number of carbonyl (C=O) groups is 1. The Morgan fingerprint density at radius 3 is 3.13 bits per heavy atom. The second-order valence-corrected chi connectivity index (χ2v) is 3.72. The van der Waals surface area contributed by atoms with Gasteiger partial charge in [-0.25, -0.2) is 0 Å². The maximum Gasteiger partial charge on any atom is 0.188 e. The summed E-state index contributed by atoms with van der Waals surface area (Å²) < 4.78 is 5.28. The summed E-state index contributed by atoms with van der Waals surface area (Å²) in [6.45, 7) is 1.25. The van der Waals surface area contributed by atoms with Gasteiger partial charge in [-0.2, -0.15) is 0 Å². The van der Waals surface area contributed by atoms with Crippen molar-refractivity contribution in [1.82, 2.24) is 4.98 Å². The number of ether oxygens (including phenoxy) is 1. The number of hydrogen-bond acceptors (Lipinski definition) is 4. The maximum atomic E-state index is 12.0. The van der Waals surface area contributed by atoms with Gasteiger partial charge in [0.2, 0.25) is 0 Å². The lowest BCUT2D eigenvalue weighted by atomic mass is 9.94. The molecule has 1 aromatic rings. The average Bonchev–Trinajstić information content (AvgIpc) is 2.30. The molecule has 2 rings (SSSR count). The number of nitrogens with two attached hydrogens (primary N) is 1. The molecule has 0 bridgehead atoms. The largest absolute Gasteiger partial charge is 0.397 e. The second kappa shape index (κ2) is 4.40. The van der Waals surface area contributed by atoms with Gasteiger partial charge in [0.05, 0.1) is 12.3 Å². The number of rotatable bonds is 2. The average molecular weight is 206 g/mol. The number of aromatic nitrogens is 1. The van der Waals surface area contributed by atoms with Crippen molar-refractivity contribution < 1.29 is 9.53 Å². The topological polar surface area (TPSA) is 65.2 Å². The van der Waals surface area contributed by atoms with Crippen LogP contribution in [0.5, 0.6) is 0 Å². The quantitative estimate of drug-likeness (QED) is 0.740. The molecule has 1 saturated heterocycles. The Labute approximate surface area is 88.4 Å². The highest BCUT2D eigenvalue weighted by Crippen LogP contribution is 2.20. The van der Waals surface area contributed by atoms with Crippen molar-refractivity contribution in [3.8, 4) is 0 Å². The van der Waals surface area contributed by atoms with Crippen LogP contribution in [-0.4, -0.2) is 24.0 Å². The minimum absolute atomic E-state index is 0.00722. The molecule has 0 saturated carbocycles. The number of anilines is 1. The van der Waals surface area contributed by atoms with E-state index in [0.29, 0.717) is 18.0 Å². The van der Waals surface area contributed by atoms with Crippen LogP contribution >= 0.6 is 0 Å². The van der Waals surface area contributed by atoms with Crippen LogP contribution in [-0.2, 0) is 4.74 Å². The molecule has 4 nitrogen and oxygen atoms in total. The lowest BCUT2D eigenvalue weighted by Gasteiger charge is -2.20. The molecule has 0 aliphatic carbocycles. The van der Waals surface area contributed by atoms with Crippen LogP contribution in [0.15, 0.2) is 18.3 Å². The molecule has 1 fully saturated rings. The summed E-state index contributed by atoms with van der Waals surface area (Å²) in [5.74, 6) is -0.0660. The van der Waals surface area contributed by atoms with E-state index >= 15 is 0 Å². The van der Waals surface area contributed by atoms with E-state index in [9.17, 15) is 4.79 Å². The first-order valence-electron chi connectivity index (χ1n) is 5.11. The fraction of sp³-hybridized carbons (Fsp3) is 0.455. The lowest BCUT2D eigenvalue weighted by Crippen LogP contribution is -2.26. The smallest absolute Gasteiger partial charge is 0.188 e. The maximum absolute atomic E-state index is 12.0. The molecule has 1 aromatic heterocycles. The van der Waals surface area contributed by atoms with E-state index in [1.54, 1.807) is 18.3 Å². The molecule has 1 atom stereocenters. The van der Waals surface area contributed by atoms with Gasteiger partial charge in [-0.15, -0.1) is 0 Å². The van der Waals surface area contributed by atoms with Crippen molar-refractivity contribution in [1.29, 1.82) is 0 Å². The molecule has 0 spiro atoms. The SMILES string of the molecule is Nc1cccnc1C(=O)C1CCCOC1. The number of nitrogens with zero attached hydrogens (tertiary/aromatic N) is 1. The summed E-state index contributed by atoms with van der Waals surface area (Å²) in [6, 6.07) is 3.42. The standard InChI is InChI=1S/C11H14N2O2/c12-9-4-1-5-13-10(9)11(14)8-3-2-6-15-7-8/h1,4-5,8H,2-3,6-7,12H2. The van der Waals surface area contributed by atoms with Crippen molar-refractivity contribution in [3.05, 3.63) is 24.0 Å². The Morgan fingerprint density at radius 1 is 1.60 bits per heavy atom. The Hall–Kier alpha value is -1.42. The van der Waals surface area contributed by atoms with Crippen LogP contribution in [0, 0.1) is 5.92 Å². The molecular weight excluding hydrogens is 192 g/mol. The van der Waals surface area contributed by atoms with E-state index in [-0.39, 0.29) is 11.7 Å². The van der Waals surface area contributed by atoms with Crippen LogP contribution in [0.1, 0.15) is 23.3 Å². The summed E-state index contributed by atoms with van der Waals surface area (Å²) in [5, 5.41) is 0. The molecule has 0 aromatic carbocycles. The Kier molecular flexibility index (Phi) is 2.97. The number of ketones is 1. The predicted molar refractivity (Wildman–Crippen MR) is 56.5 cm³/mol. The first-order valence-corrected chi connectivity index (χ1v) is 5.11. The van der Waals surface area contributed by atoms with E-state index in [1.165, 1.54) is 0 Å². The summed E-state index contributed by atoms with van der Waals surface area (Å²) in [5.41, 5.74) is 6.54. The van der Waals surface area contributed by atoms with Crippen molar-refractivity contribution >= 4 is 11.5 Å². The van der Waals surface area contributed by atoms with E-state index in [4.69, 9.17) is 10.5 Å². The zero-order valence-corrected chi connectivity index (χ0v) is 8.48. The fourth-order valence-corrected chi connectivity index (χ4v) is 1.76. The molecule has 4 heteroatoms. The third-order valence-electron chi connectivity index (χ3n) is 2.60. The highest BCUT2D eigenvalue weighted by atomic mass is 16.5. The second-order valence-electron chi connectivity index (χ2n) is 3.72. The van der Waals surface area contributed by atoms with Crippen molar-refractivity contribution in [2.24, 2.45) is 5.92 Å². The highest BCUT2D eigenvalue weighted by molar-refractivity contribution is 6.00. The number of pyridine rings is 1. The van der Waals surface area contributed by atoms with E-state index in [1.807, 2.05) is 0 Å². The van der Waals surface area contributed by atoms with Gasteiger partial charge in [-0.3, -0.25) is 9.78 Å². The van der Waals surface area contributed by atoms with Gasteiger partial charge < -0.3 is 10.5 Å². The fourth-order valence-electron chi connectivity index (χ4n) is 1.76. The minimum Gasteiger partial charge on any atom is -0.397 e. The van der Waals surface area contributed by atoms with Gasteiger partial charge in [0, 0.05) is 18.7 Å². The lowest BCUT2D eigenvalue weighted by molar-refractivity contribution is 0.0458. The highest BCUT2D eigenvalue weighted by Gasteiger charge is 2.25. The summed E-state index contributed by atoms with van der Waals surface area (Å²) in [7, 11) is 0. The Bertz CT molecular complexity index is 359. The van der Waals surface area contributed by atoms with Crippen LogP contribution < -0.4 is 5.73 Å². The third kappa shape index (κ3) is 2.15. The summed E-state index contributed by atoms with van der Waals surface area (Å²) >= 11 is 0. The van der Waals surface area contributed by atoms with Crippen LogP contribution in [0.3, 0.4) is 0 Å². The third-order valence-corrected chi connectivity index (χ3v) is 2.60. The Balaban J connectivity index is 2.16. The molecule has 1 unspecified atom stereocenters. The molecule has 2 N–H and O–H groups in total. The van der Waals surface area contributed by atoms with E-state index < -0.39 is 0 Å². The summed E-state index contributed by atoms with van der Waals surface area (Å²) in [4.78, 5) is 16.0. The Morgan fingerprint density at radius 2 is 2.47 bits per heavy atom. The molecule has 2 heterocycles. The molecule has 80 valence electrons. The molecule has 1 aliphatic heterocycles. The number of hydrogen-bond donors (Lipinski definition) is 1. The zero-order chi connectivity index (χ0) is 10.7. The summed E-state index contributed by atoms with van der Waals surface area (Å²) in [6.07, 6.45) is 3.39. The van der Waals surface area contributed by atoms with Gasteiger partial charge in [0.1, 0.15) is 5.69 Å². The van der Waals surface area contributed by atoms with Gasteiger partial charge in [0.15, 0.2) is 5.78 Å². The van der Waals surface area contributed by atoms with Gasteiger partial charge in [0.25, 0.3) is 0 Å². The predicted octanol–water partition coefficient (Wildman–Crippen LogP) is 1.27. The van der Waals surface area contributed by atoms with E-state index in [2.05, 4.69) is 4.98 Å². The molecule has 0 amide bonds. The number of carbonyl (C=O) groups excluding carboxylic acids is 1. The van der Waals surface area contributed by atoms with Crippen molar-refractivity contribution in [2.45, 2.75) is 12.8 Å². The molecule has 0 radical (unpaired) electrons. The monoisotopic (exact) mass is 206 g/mol. The van der Waals surface area contributed by atoms with Gasteiger partial charge >= 0.3 is 0 Å². The molecular formula is C11H14N2O2. The van der Waals surface area contributed by atoms with Gasteiger partial charge in [-0.05, 0) is 25.0 Å². The molecule has 1 aliphatic rings. The first-order chi connectivity index (χ1) is 7.29. The van der Waals surface area contributed by atoms with Crippen molar-refractivity contribution in [2.75, 3.05) is 18.9 Å². The normalized spacial score (nSPS) is 21.2. The first kappa shape index (κ1) is 10.1.